The third kappa shape index (κ3) is 3.50. The molecule has 0 radical (unpaired) electrons. The highest BCUT2D eigenvalue weighted by Crippen LogP contribution is 2.06. The van der Waals surface area contributed by atoms with Crippen molar-refractivity contribution in [1.82, 2.24) is 19.9 Å². The standard InChI is InChI=1S/C8H7BN4O2.H2O/c1-7(2-11-5-10-1)14-9-15-8-3-12-6-13-4-8;/h1-6,9H;1H2. The first-order valence-corrected chi connectivity index (χ1v) is 4.21. The Morgan fingerprint density at radius 1 is 0.750 bits per heavy atom. The summed E-state index contributed by atoms with van der Waals surface area (Å²) in [4.78, 5) is 15.2. The predicted molar refractivity (Wildman–Crippen MR) is 56.1 cm³/mol. The third-order valence-corrected chi connectivity index (χ3v) is 1.52. The number of nitrogens with zero attached hydrogens (tertiary/aromatic N) is 4. The molecular weight excluding hydrogens is 211 g/mol. The van der Waals surface area contributed by atoms with Crippen LogP contribution in [0.3, 0.4) is 0 Å². The Balaban J connectivity index is 0.00000128. The smallest absolute Gasteiger partial charge is 0.526 e. The molecule has 2 aromatic rings. The van der Waals surface area contributed by atoms with Crippen molar-refractivity contribution < 1.29 is 14.8 Å². The number of hydrogen-bond donors (Lipinski definition) is 0. The molecule has 0 aromatic carbocycles. The summed E-state index contributed by atoms with van der Waals surface area (Å²) in [7, 11) is 0.0702. The molecule has 0 amide bonds. The van der Waals surface area contributed by atoms with Crippen molar-refractivity contribution in [3.63, 3.8) is 0 Å². The summed E-state index contributed by atoms with van der Waals surface area (Å²) in [5.41, 5.74) is 0. The molecule has 0 unspecified atom stereocenters. The molecule has 0 aliphatic rings. The van der Waals surface area contributed by atoms with Crippen LogP contribution in [-0.4, -0.2) is 33.1 Å². The lowest BCUT2D eigenvalue weighted by atomic mass is 10.3. The van der Waals surface area contributed by atoms with Crippen LogP contribution in [0, 0.1) is 0 Å². The largest absolute Gasteiger partial charge is 0.576 e. The molecule has 8 heteroatoms. The van der Waals surface area contributed by atoms with E-state index in [-0.39, 0.29) is 13.2 Å². The van der Waals surface area contributed by atoms with Crippen LogP contribution in [0.4, 0.5) is 0 Å². The minimum atomic E-state index is 0. The van der Waals surface area contributed by atoms with Gasteiger partial charge >= 0.3 is 7.69 Å². The first-order chi connectivity index (χ1) is 7.45. The zero-order valence-electron chi connectivity index (χ0n) is 8.28. The van der Waals surface area contributed by atoms with E-state index in [1.807, 2.05) is 0 Å². The van der Waals surface area contributed by atoms with Crippen LogP contribution < -0.4 is 9.31 Å². The van der Waals surface area contributed by atoms with Gasteiger partial charge in [0.2, 0.25) is 0 Å². The average molecular weight is 220 g/mol. The van der Waals surface area contributed by atoms with E-state index in [1.54, 1.807) is 24.8 Å². The van der Waals surface area contributed by atoms with Crippen LogP contribution in [0.2, 0.25) is 0 Å². The molecule has 2 rings (SSSR count). The van der Waals surface area contributed by atoms with Gasteiger partial charge in [0.05, 0.1) is 24.8 Å². The normalized spacial score (nSPS) is 8.75. The fourth-order valence-electron chi connectivity index (χ4n) is 0.885. The Labute approximate surface area is 92.1 Å². The molecule has 2 N–H and O–H groups in total. The van der Waals surface area contributed by atoms with Gasteiger partial charge in [-0.1, -0.05) is 0 Å². The first kappa shape index (κ1) is 11.9. The predicted octanol–water partition coefficient (Wildman–Crippen LogP) is -0.834. The van der Waals surface area contributed by atoms with Gasteiger partial charge in [-0.05, 0) is 0 Å². The van der Waals surface area contributed by atoms with E-state index in [1.165, 1.54) is 12.7 Å². The zero-order valence-corrected chi connectivity index (χ0v) is 8.28. The Hall–Kier alpha value is -2.22. The molecule has 0 aliphatic heterocycles. The van der Waals surface area contributed by atoms with Crippen LogP contribution in [0.25, 0.3) is 0 Å². The molecule has 7 nitrogen and oxygen atoms in total. The van der Waals surface area contributed by atoms with Gasteiger partial charge in [0.25, 0.3) is 0 Å². The summed E-state index contributed by atoms with van der Waals surface area (Å²) in [5, 5.41) is 0. The summed E-state index contributed by atoms with van der Waals surface area (Å²) < 4.78 is 10.4. The molecular formula is C8H9BN4O3. The first-order valence-electron chi connectivity index (χ1n) is 4.21. The minimum Gasteiger partial charge on any atom is -0.526 e. The highest BCUT2D eigenvalue weighted by Gasteiger charge is 1.99. The van der Waals surface area contributed by atoms with Crippen molar-refractivity contribution in [1.29, 1.82) is 0 Å². The Morgan fingerprint density at radius 3 is 1.50 bits per heavy atom. The highest BCUT2D eigenvalue weighted by molar-refractivity contribution is 6.20. The Kier molecular flexibility index (Phi) is 4.67. The molecule has 0 atom stereocenters. The molecule has 0 bridgehead atoms. The second-order valence-corrected chi connectivity index (χ2v) is 2.55. The average Bonchev–Trinajstić information content (AvgIpc) is 2.32. The molecule has 0 saturated carbocycles. The Morgan fingerprint density at radius 2 is 1.12 bits per heavy atom. The topological polar surface area (TPSA) is 102 Å². The second-order valence-electron chi connectivity index (χ2n) is 2.55. The quantitative estimate of drug-likeness (QED) is 0.623. The van der Waals surface area contributed by atoms with Gasteiger partial charge in [-0.3, -0.25) is 0 Å². The van der Waals surface area contributed by atoms with Gasteiger partial charge in [0.1, 0.15) is 24.2 Å². The van der Waals surface area contributed by atoms with Crippen molar-refractivity contribution in [2.45, 2.75) is 0 Å². The molecule has 2 heterocycles. The van der Waals surface area contributed by atoms with Crippen LogP contribution in [-0.2, 0) is 0 Å². The molecule has 0 saturated heterocycles. The van der Waals surface area contributed by atoms with Crippen LogP contribution in [0.5, 0.6) is 11.5 Å². The summed E-state index contributed by atoms with van der Waals surface area (Å²) in [6.45, 7) is 0. The molecule has 16 heavy (non-hydrogen) atoms. The summed E-state index contributed by atoms with van der Waals surface area (Å²) in [5.74, 6) is 1.10. The SMILES string of the molecule is B(Oc1cncnc1)Oc1cncnc1.O. The van der Waals surface area contributed by atoms with Gasteiger partial charge in [-0.25, -0.2) is 19.9 Å². The van der Waals surface area contributed by atoms with Crippen molar-refractivity contribution >= 4 is 7.69 Å². The lowest BCUT2D eigenvalue weighted by molar-refractivity contribution is 0.454. The van der Waals surface area contributed by atoms with E-state index in [4.69, 9.17) is 9.31 Å². The van der Waals surface area contributed by atoms with E-state index in [2.05, 4.69) is 19.9 Å². The second kappa shape index (κ2) is 6.30. The van der Waals surface area contributed by atoms with Gasteiger partial charge in [0.15, 0.2) is 0 Å². The third-order valence-electron chi connectivity index (χ3n) is 1.52. The maximum Gasteiger partial charge on any atom is 0.576 e. The van der Waals surface area contributed by atoms with E-state index >= 15 is 0 Å². The van der Waals surface area contributed by atoms with Crippen molar-refractivity contribution in [2.24, 2.45) is 0 Å². The maximum absolute atomic E-state index is 5.21. The molecule has 82 valence electrons. The van der Waals surface area contributed by atoms with E-state index in [0.29, 0.717) is 11.5 Å². The molecule has 2 aromatic heterocycles. The summed E-state index contributed by atoms with van der Waals surface area (Å²) in [6.07, 6.45) is 9.07. The lowest BCUT2D eigenvalue weighted by Crippen LogP contribution is -2.11. The monoisotopic (exact) mass is 220 g/mol. The minimum absolute atomic E-state index is 0. The van der Waals surface area contributed by atoms with Gasteiger partial charge in [-0.15, -0.1) is 0 Å². The fourth-order valence-corrected chi connectivity index (χ4v) is 0.885. The molecule has 0 fully saturated rings. The zero-order chi connectivity index (χ0) is 10.3. The summed E-state index contributed by atoms with van der Waals surface area (Å²) in [6, 6.07) is 0. The van der Waals surface area contributed by atoms with Gasteiger partial charge < -0.3 is 14.8 Å². The van der Waals surface area contributed by atoms with Crippen LogP contribution in [0.15, 0.2) is 37.4 Å². The molecule has 0 spiro atoms. The lowest BCUT2D eigenvalue weighted by Gasteiger charge is -2.04. The number of aromatic nitrogens is 4. The number of hydrogen-bond acceptors (Lipinski definition) is 6. The van der Waals surface area contributed by atoms with Crippen LogP contribution >= 0.6 is 0 Å². The van der Waals surface area contributed by atoms with Crippen molar-refractivity contribution in [3.8, 4) is 11.5 Å². The van der Waals surface area contributed by atoms with Gasteiger partial charge in [0, 0.05) is 0 Å². The van der Waals surface area contributed by atoms with E-state index in [0.717, 1.165) is 0 Å². The van der Waals surface area contributed by atoms with Crippen LogP contribution in [0.1, 0.15) is 0 Å². The maximum atomic E-state index is 5.21. The van der Waals surface area contributed by atoms with E-state index in [9.17, 15) is 0 Å². The van der Waals surface area contributed by atoms with Crippen molar-refractivity contribution in [3.05, 3.63) is 37.4 Å². The van der Waals surface area contributed by atoms with Gasteiger partial charge in [-0.2, -0.15) is 0 Å². The number of rotatable bonds is 4. The van der Waals surface area contributed by atoms with E-state index < -0.39 is 0 Å². The molecule has 0 aliphatic carbocycles. The summed E-state index contributed by atoms with van der Waals surface area (Å²) >= 11 is 0. The Bertz CT molecular complexity index is 363. The van der Waals surface area contributed by atoms with Crippen molar-refractivity contribution in [2.75, 3.05) is 0 Å². The highest BCUT2D eigenvalue weighted by atomic mass is 16.6. The fraction of sp³-hybridized carbons (Fsp3) is 0.